The first-order valence-electron chi connectivity index (χ1n) is 8.79. The minimum Gasteiger partial charge on any atom is -0.337 e. The van der Waals surface area contributed by atoms with Crippen LogP contribution in [0.1, 0.15) is 13.3 Å². The summed E-state index contributed by atoms with van der Waals surface area (Å²) in [4.78, 5) is 14.6. The molecule has 0 saturated carbocycles. The van der Waals surface area contributed by atoms with E-state index >= 15 is 0 Å². The van der Waals surface area contributed by atoms with Crippen molar-refractivity contribution in [3.8, 4) is 0 Å². The van der Waals surface area contributed by atoms with Gasteiger partial charge in [0.1, 0.15) is 6.54 Å². The fourth-order valence-corrected chi connectivity index (χ4v) is 7.39. The molecule has 0 aliphatic carbocycles. The van der Waals surface area contributed by atoms with Crippen molar-refractivity contribution < 1.29 is 21.6 Å². The monoisotopic (exact) mass is 408 g/mol. The van der Waals surface area contributed by atoms with Gasteiger partial charge in [0.15, 0.2) is 9.84 Å². The van der Waals surface area contributed by atoms with Gasteiger partial charge in [0.2, 0.25) is 5.91 Å². The maximum atomic E-state index is 13.0. The smallest absolute Gasteiger partial charge is 0.265 e. The van der Waals surface area contributed by atoms with Gasteiger partial charge >= 0.3 is 0 Å². The van der Waals surface area contributed by atoms with Gasteiger partial charge in [-0.15, -0.1) is 0 Å². The molecule has 0 N–H and O–H groups in total. The number of carbonyl (C=O) groups excluding carboxylic acids is 1. The van der Waals surface area contributed by atoms with Gasteiger partial charge in [0.05, 0.1) is 22.1 Å². The predicted molar refractivity (Wildman–Crippen MR) is 103 cm³/mol. The molecule has 1 saturated heterocycles. The molecule has 0 aromatic heterocycles. The van der Waals surface area contributed by atoms with Gasteiger partial charge in [0, 0.05) is 18.0 Å². The molecule has 2 aromatic rings. The van der Waals surface area contributed by atoms with Crippen molar-refractivity contribution in [3.05, 3.63) is 36.4 Å². The van der Waals surface area contributed by atoms with Crippen molar-refractivity contribution in [2.75, 3.05) is 28.9 Å². The molecule has 0 spiro atoms. The zero-order valence-electron chi connectivity index (χ0n) is 14.8. The van der Waals surface area contributed by atoms with Crippen LogP contribution in [-0.2, 0) is 24.7 Å². The number of rotatable bonds is 4. The van der Waals surface area contributed by atoms with Crippen LogP contribution < -0.4 is 4.31 Å². The Labute approximate surface area is 158 Å². The van der Waals surface area contributed by atoms with Gasteiger partial charge in [-0.25, -0.2) is 16.8 Å². The van der Waals surface area contributed by atoms with Gasteiger partial charge in [-0.3, -0.25) is 9.10 Å². The number of sulfonamides is 1. The third kappa shape index (κ3) is 2.89. The average Bonchev–Trinajstić information content (AvgIpc) is 3.07. The lowest BCUT2D eigenvalue weighted by atomic mass is 10.1. The molecule has 2 aromatic carbocycles. The van der Waals surface area contributed by atoms with Crippen LogP contribution in [0.25, 0.3) is 10.8 Å². The summed E-state index contributed by atoms with van der Waals surface area (Å²) in [6.45, 7) is 1.78. The first-order chi connectivity index (χ1) is 12.7. The molecule has 0 bridgehead atoms. The summed E-state index contributed by atoms with van der Waals surface area (Å²) >= 11 is 0. The minimum absolute atomic E-state index is 0.0604. The lowest BCUT2D eigenvalue weighted by Crippen LogP contribution is -2.46. The maximum Gasteiger partial charge on any atom is 0.265 e. The van der Waals surface area contributed by atoms with E-state index in [9.17, 15) is 21.6 Å². The van der Waals surface area contributed by atoms with Crippen molar-refractivity contribution in [2.45, 2.75) is 24.3 Å². The van der Waals surface area contributed by atoms with Crippen molar-refractivity contribution in [3.63, 3.8) is 0 Å². The van der Waals surface area contributed by atoms with Crippen molar-refractivity contribution in [1.82, 2.24) is 4.90 Å². The Hall–Kier alpha value is -2.13. The highest BCUT2D eigenvalue weighted by Gasteiger charge is 2.39. The fourth-order valence-electron chi connectivity index (χ4n) is 4.00. The van der Waals surface area contributed by atoms with Crippen LogP contribution in [0.2, 0.25) is 0 Å². The molecule has 1 fully saturated rings. The number of nitrogens with zero attached hydrogens (tertiary/aromatic N) is 2. The van der Waals surface area contributed by atoms with E-state index < -0.39 is 25.9 Å². The highest BCUT2D eigenvalue weighted by atomic mass is 32.2. The van der Waals surface area contributed by atoms with Crippen LogP contribution in [-0.4, -0.2) is 58.3 Å². The second-order valence-corrected chi connectivity index (χ2v) is 10.9. The molecule has 144 valence electrons. The van der Waals surface area contributed by atoms with E-state index in [4.69, 9.17) is 0 Å². The lowest BCUT2D eigenvalue weighted by Gasteiger charge is -2.29. The van der Waals surface area contributed by atoms with Gasteiger partial charge < -0.3 is 4.90 Å². The van der Waals surface area contributed by atoms with E-state index in [2.05, 4.69) is 0 Å². The number of hydrogen-bond donors (Lipinski definition) is 0. The topological polar surface area (TPSA) is 91.8 Å². The van der Waals surface area contributed by atoms with Gasteiger partial charge in [-0.2, -0.15) is 0 Å². The molecule has 2 aliphatic rings. The number of carbonyl (C=O) groups is 1. The Kier molecular flexibility index (Phi) is 4.19. The molecular weight excluding hydrogens is 388 g/mol. The zero-order chi connectivity index (χ0) is 19.4. The highest BCUT2D eigenvalue weighted by molar-refractivity contribution is 7.93. The maximum absolute atomic E-state index is 13.0. The van der Waals surface area contributed by atoms with Crippen LogP contribution in [0.4, 0.5) is 5.69 Å². The van der Waals surface area contributed by atoms with Crippen LogP contribution >= 0.6 is 0 Å². The molecular formula is C18H20N2O5S2. The van der Waals surface area contributed by atoms with Crippen LogP contribution in [0.15, 0.2) is 41.3 Å². The summed E-state index contributed by atoms with van der Waals surface area (Å²) in [5.41, 5.74) is 0.492. The van der Waals surface area contributed by atoms with Gasteiger partial charge in [-0.1, -0.05) is 24.3 Å². The largest absolute Gasteiger partial charge is 0.337 e. The Balaban J connectivity index is 1.67. The first-order valence-corrected chi connectivity index (χ1v) is 12.0. The molecule has 2 heterocycles. The van der Waals surface area contributed by atoms with E-state index in [0.717, 1.165) is 9.69 Å². The van der Waals surface area contributed by atoms with Gasteiger partial charge in [0.25, 0.3) is 10.0 Å². The summed E-state index contributed by atoms with van der Waals surface area (Å²) in [7, 11) is -6.95. The third-order valence-electron chi connectivity index (χ3n) is 5.27. The number of benzene rings is 2. The van der Waals surface area contributed by atoms with E-state index in [1.165, 1.54) is 4.90 Å². The Bertz CT molecular complexity index is 1140. The van der Waals surface area contributed by atoms with Crippen molar-refractivity contribution in [2.24, 2.45) is 0 Å². The van der Waals surface area contributed by atoms with Crippen molar-refractivity contribution in [1.29, 1.82) is 0 Å². The number of anilines is 1. The second kappa shape index (κ2) is 6.20. The SMILES string of the molecule is CCN(C(=O)CN1c2cccc3cccc(c23)S1(=O)=O)[C@@H]1CCS(=O)(=O)C1. The number of hydrogen-bond acceptors (Lipinski definition) is 5. The van der Waals surface area contributed by atoms with Crippen molar-refractivity contribution >= 4 is 42.2 Å². The van der Waals surface area contributed by atoms with Crippen LogP contribution in [0.3, 0.4) is 0 Å². The molecule has 1 amide bonds. The molecule has 2 aliphatic heterocycles. The van der Waals surface area contributed by atoms with E-state index in [1.807, 2.05) is 12.1 Å². The quantitative estimate of drug-likeness (QED) is 0.762. The van der Waals surface area contributed by atoms with E-state index in [0.29, 0.717) is 24.0 Å². The molecule has 9 heteroatoms. The lowest BCUT2D eigenvalue weighted by molar-refractivity contribution is -0.131. The predicted octanol–water partition coefficient (Wildman–Crippen LogP) is 1.38. The van der Waals surface area contributed by atoms with Crippen LogP contribution in [0, 0.1) is 0 Å². The Morgan fingerprint density at radius 3 is 2.48 bits per heavy atom. The Morgan fingerprint density at radius 1 is 1.15 bits per heavy atom. The normalized spacial score (nSPS) is 22.3. The number of likely N-dealkylation sites (N-methyl/N-ethyl adjacent to an activating group) is 1. The number of sulfone groups is 1. The van der Waals surface area contributed by atoms with Gasteiger partial charge in [-0.05, 0) is 30.9 Å². The van der Waals surface area contributed by atoms with E-state index in [-0.39, 0.29) is 28.9 Å². The second-order valence-electron chi connectivity index (χ2n) is 6.88. The molecule has 0 unspecified atom stereocenters. The van der Waals surface area contributed by atoms with Crippen LogP contribution in [0.5, 0.6) is 0 Å². The average molecular weight is 409 g/mol. The Morgan fingerprint density at radius 2 is 1.85 bits per heavy atom. The summed E-state index contributed by atoms with van der Waals surface area (Å²) in [6, 6.07) is 9.98. The summed E-state index contributed by atoms with van der Waals surface area (Å²) in [5.74, 6) is -0.378. The fraction of sp³-hybridized carbons (Fsp3) is 0.389. The zero-order valence-corrected chi connectivity index (χ0v) is 16.5. The molecule has 1 atom stereocenters. The third-order valence-corrected chi connectivity index (χ3v) is 8.82. The molecule has 4 rings (SSSR count). The van der Waals surface area contributed by atoms with E-state index in [1.54, 1.807) is 31.2 Å². The molecule has 7 nitrogen and oxygen atoms in total. The molecule has 27 heavy (non-hydrogen) atoms. The summed E-state index contributed by atoms with van der Waals surface area (Å²) in [5, 5.41) is 1.43. The first kappa shape index (κ1) is 18.2. The standard InChI is InChI=1S/C18H20N2O5S2/c1-2-19(14-9-10-26(22,23)12-14)17(21)11-20-15-7-3-5-13-6-4-8-16(18(13)15)27(20,24)25/h3-8,14H,2,9-12H2,1H3/t14-/m1/s1. The minimum atomic E-state index is -3.81. The molecule has 0 radical (unpaired) electrons. The summed E-state index contributed by atoms with van der Waals surface area (Å²) in [6.07, 6.45) is 0.393. The number of amides is 1. The highest BCUT2D eigenvalue weighted by Crippen LogP contribution is 2.41. The summed E-state index contributed by atoms with van der Waals surface area (Å²) < 4.78 is 50.7.